The molecular formula is C11H13N7O2. The van der Waals surface area contributed by atoms with E-state index < -0.39 is 0 Å². The highest BCUT2D eigenvalue weighted by molar-refractivity contribution is 5.26. The van der Waals surface area contributed by atoms with E-state index in [0.717, 1.165) is 5.69 Å². The highest BCUT2D eigenvalue weighted by atomic mass is 16.2. The van der Waals surface area contributed by atoms with E-state index in [1.54, 1.807) is 10.9 Å². The molecule has 0 radical (unpaired) electrons. The van der Waals surface area contributed by atoms with Gasteiger partial charge in [-0.1, -0.05) is 5.21 Å². The summed E-state index contributed by atoms with van der Waals surface area (Å²) >= 11 is 0. The van der Waals surface area contributed by atoms with E-state index >= 15 is 0 Å². The Morgan fingerprint density at radius 2 is 2.25 bits per heavy atom. The third kappa shape index (κ3) is 2.43. The number of hydrogen-bond acceptors (Lipinski definition) is 6. The van der Waals surface area contributed by atoms with Crippen LogP contribution in [0.15, 0.2) is 23.4 Å². The lowest BCUT2D eigenvalue weighted by Gasteiger charge is -1.99. The average molecular weight is 275 g/mol. The van der Waals surface area contributed by atoms with Crippen LogP contribution in [0.1, 0.15) is 17.8 Å². The molecule has 0 spiro atoms. The van der Waals surface area contributed by atoms with E-state index in [2.05, 4.69) is 25.4 Å². The number of fused-ring (bicyclic) bond motifs is 1. The molecule has 0 aliphatic heterocycles. The summed E-state index contributed by atoms with van der Waals surface area (Å²) in [6.45, 7) is 0.478. The molecule has 3 aromatic rings. The highest BCUT2D eigenvalue weighted by Gasteiger charge is 2.06. The Labute approximate surface area is 112 Å². The van der Waals surface area contributed by atoms with Crippen LogP contribution in [-0.2, 0) is 13.0 Å². The van der Waals surface area contributed by atoms with Gasteiger partial charge in [0.15, 0.2) is 0 Å². The standard InChI is InChI=1S/C11H13N7O2/c19-3-1-2-8-5-17(16-15-8)6-9-4-10(20)18-11(14-9)12-7-13-18/h4-5,7,19H,1-3,6H2,(H,12,13,14). The molecule has 9 heteroatoms. The molecule has 0 saturated carbocycles. The number of nitrogens with zero attached hydrogens (tertiary/aromatic N) is 6. The van der Waals surface area contributed by atoms with Gasteiger partial charge < -0.3 is 5.11 Å². The van der Waals surface area contributed by atoms with Gasteiger partial charge in [-0.05, 0) is 12.8 Å². The zero-order valence-corrected chi connectivity index (χ0v) is 10.6. The minimum atomic E-state index is -0.219. The molecule has 0 saturated heterocycles. The molecule has 104 valence electrons. The molecule has 0 fully saturated rings. The number of aromatic nitrogens is 7. The third-order valence-electron chi connectivity index (χ3n) is 2.82. The second-order valence-electron chi connectivity index (χ2n) is 4.34. The molecule has 3 heterocycles. The number of aromatic amines is 1. The summed E-state index contributed by atoms with van der Waals surface area (Å²) in [5, 5.41) is 19.4. The zero-order chi connectivity index (χ0) is 13.9. The fourth-order valence-corrected chi connectivity index (χ4v) is 1.91. The lowest BCUT2D eigenvalue weighted by molar-refractivity contribution is 0.288. The third-order valence-corrected chi connectivity index (χ3v) is 2.82. The number of rotatable bonds is 5. The average Bonchev–Trinajstić information content (AvgIpc) is 3.05. The van der Waals surface area contributed by atoms with Gasteiger partial charge in [0.2, 0.25) is 0 Å². The summed E-state index contributed by atoms with van der Waals surface area (Å²) in [7, 11) is 0. The van der Waals surface area contributed by atoms with Gasteiger partial charge in [-0.15, -0.1) is 5.10 Å². The number of aliphatic hydroxyl groups is 1. The number of aliphatic hydroxyl groups excluding tert-OH is 1. The van der Waals surface area contributed by atoms with Crippen molar-refractivity contribution in [2.24, 2.45) is 0 Å². The van der Waals surface area contributed by atoms with Crippen molar-refractivity contribution >= 4 is 5.78 Å². The Hall–Kier alpha value is -2.55. The Kier molecular flexibility index (Phi) is 3.25. The van der Waals surface area contributed by atoms with Crippen molar-refractivity contribution < 1.29 is 5.11 Å². The number of H-pyrrole nitrogens is 1. The minimum absolute atomic E-state index is 0.126. The van der Waals surface area contributed by atoms with Crippen LogP contribution in [0.3, 0.4) is 0 Å². The van der Waals surface area contributed by atoms with Crippen LogP contribution in [0.25, 0.3) is 5.78 Å². The summed E-state index contributed by atoms with van der Waals surface area (Å²) < 4.78 is 2.87. The fraction of sp³-hybridized carbons (Fsp3) is 0.364. The summed E-state index contributed by atoms with van der Waals surface area (Å²) in [6.07, 6.45) is 4.52. The van der Waals surface area contributed by atoms with E-state index in [1.807, 2.05) is 0 Å². The number of hydrogen-bond donors (Lipinski definition) is 2. The van der Waals surface area contributed by atoms with E-state index in [-0.39, 0.29) is 12.2 Å². The van der Waals surface area contributed by atoms with Crippen molar-refractivity contribution in [3.05, 3.63) is 40.3 Å². The Morgan fingerprint density at radius 1 is 1.35 bits per heavy atom. The van der Waals surface area contributed by atoms with E-state index in [1.165, 1.54) is 16.9 Å². The van der Waals surface area contributed by atoms with Crippen LogP contribution >= 0.6 is 0 Å². The Balaban J connectivity index is 1.81. The zero-order valence-electron chi connectivity index (χ0n) is 10.6. The monoisotopic (exact) mass is 275 g/mol. The van der Waals surface area contributed by atoms with Crippen LogP contribution in [0, 0.1) is 0 Å². The van der Waals surface area contributed by atoms with Gasteiger partial charge in [0.05, 0.1) is 17.9 Å². The number of aryl methyl sites for hydroxylation is 1. The predicted octanol–water partition coefficient (Wildman–Crippen LogP) is -1.02. The molecular weight excluding hydrogens is 262 g/mol. The van der Waals surface area contributed by atoms with Crippen molar-refractivity contribution in [2.45, 2.75) is 19.4 Å². The fourth-order valence-electron chi connectivity index (χ4n) is 1.91. The first-order valence-corrected chi connectivity index (χ1v) is 6.18. The molecule has 0 atom stereocenters. The van der Waals surface area contributed by atoms with Gasteiger partial charge in [-0.25, -0.2) is 14.6 Å². The second-order valence-corrected chi connectivity index (χ2v) is 4.34. The molecule has 0 aromatic carbocycles. The van der Waals surface area contributed by atoms with Crippen LogP contribution in [0.4, 0.5) is 0 Å². The van der Waals surface area contributed by atoms with E-state index in [9.17, 15) is 4.79 Å². The number of nitrogens with one attached hydrogen (secondary N) is 1. The van der Waals surface area contributed by atoms with Gasteiger partial charge in [0.25, 0.3) is 11.3 Å². The van der Waals surface area contributed by atoms with Crippen molar-refractivity contribution in [1.82, 2.24) is 34.6 Å². The smallest absolute Gasteiger partial charge is 0.274 e. The molecule has 0 aliphatic carbocycles. The van der Waals surface area contributed by atoms with Crippen LogP contribution in [0.5, 0.6) is 0 Å². The van der Waals surface area contributed by atoms with Gasteiger partial charge in [-0.2, -0.15) is 4.52 Å². The van der Waals surface area contributed by atoms with Crippen molar-refractivity contribution in [3.8, 4) is 0 Å². The van der Waals surface area contributed by atoms with Crippen LogP contribution < -0.4 is 5.56 Å². The maximum absolute atomic E-state index is 11.8. The molecule has 3 rings (SSSR count). The Bertz CT molecular complexity index is 772. The first-order chi connectivity index (χ1) is 9.76. The van der Waals surface area contributed by atoms with Crippen molar-refractivity contribution in [2.75, 3.05) is 6.61 Å². The lowest BCUT2D eigenvalue weighted by atomic mass is 10.3. The second kappa shape index (κ2) is 5.21. The molecule has 0 amide bonds. The van der Waals surface area contributed by atoms with Gasteiger partial charge in [0, 0.05) is 18.9 Å². The van der Waals surface area contributed by atoms with E-state index in [4.69, 9.17) is 5.11 Å². The van der Waals surface area contributed by atoms with Crippen molar-refractivity contribution in [3.63, 3.8) is 0 Å². The molecule has 0 aliphatic rings. The maximum atomic E-state index is 11.8. The molecule has 0 unspecified atom stereocenters. The van der Waals surface area contributed by atoms with Crippen LogP contribution in [0.2, 0.25) is 0 Å². The summed E-state index contributed by atoms with van der Waals surface area (Å²) in [6, 6.07) is 1.43. The molecule has 9 nitrogen and oxygen atoms in total. The highest BCUT2D eigenvalue weighted by Crippen LogP contribution is 2.01. The molecule has 2 N–H and O–H groups in total. The predicted molar refractivity (Wildman–Crippen MR) is 68.1 cm³/mol. The SMILES string of the molecule is O=c1cc(Cn2cc(CCCO)nn2)nc2nc[nH]n12. The first-order valence-electron chi connectivity index (χ1n) is 6.18. The maximum Gasteiger partial charge on any atom is 0.274 e. The molecule has 20 heavy (non-hydrogen) atoms. The molecule has 3 aromatic heterocycles. The van der Waals surface area contributed by atoms with Gasteiger partial charge in [-0.3, -0.25) is 9.89 Å². The van der Waals surface area contributed by atoms with Crippen molar-refractivity contribution in [1.29, 1.82) is 0 Å². The quantitative estimate of drug-likeness (QED) is 0.616. The largest absolute Gasteiger partial charge is 0.396 e. The summed E-state index contributed by atoms with van der Waals surface area (Å²) in [5.74, 6) is 0.327. The topological polar surface area (TPSA) is 114 Å². The lowest BCUT2D eigenvalue weighted by Crippen LogP contribution is -2.17. The minimum Gasteiger partial charge on any atom is -0.396 e. The van der Waals surface area contributed by atoms with Crippen LogP contribution in [-0.4, -0.2) is 46.3 Å². The summed E-state index contributed by atoms with van der Waals surface area (Å²) in [5.41, 5.74) is 1.15. The van der Waals surface area contributed by atoms with Gasteiger partial charge in [0.1, 0.15) is 6.33 Å². The Morgan fingerprint density at radius 3 is 3.10 bits per heavy atom. The summed E-state index contributed by atoms with van der Waals surface area (Å²) in [4.78, 5) is 20.0. The molecule has 0 bridgehead atoms. The van der Waals surface area contributed by atoms with Gasteiger partial charge >= 0.3 is 0 Å². The first kappa shape index (κ1) is 12.5. The normalized spacial score (nSPS) is 11.2. The van der Waals surface area contributed by atoms with E-state index in [0.29, 0.717) is 30.9 Å².